The molecule has 0 aromatic carbocycles. The zero-order chi connectivity index (χ0) is 8.53. The predicted octanol–water partition coefficient (Wildman–Crippen LogP) is 1.70. The lowest BCUT2D eigenvalue weighted by Crippen LogP contribution is -2.21. The van der Waals surface area contributed by atoms with Crippen LogP contribution in [-0.4, -0.2) is 19.4 Å². The Hall–Kier alpha value is -0.120. The summed E-state index contributed by atoms with van der Waals surface area (Å²) < 4.78 is 5.27. The van der Waals surface area contributed by atoms with Crippen molar-refractivity contribution in [2.24, 2.45) is 0 Å². The van der Waals surface area contributed by atoms with Crippen molar-refractivity contribution < 1.29 is 9.57 Å². The molecule has 0 aromatic heterocycles. The third-order valence-electron chi connectivity index (χ3n) is 1.20. The van der Waals surface area contributed by atoms with Crippen LogP contribution >= 0.6 is 0 Å². The van der Waals surface area contributed by atoms with E-state index in [4.69, 9.17) is 9.57 Å². The number of hydroxylamine groups is 1. The minimum absolute atomic E-state index is 0.134. The Kier molecular flexibility index (Phi) is 7.89. The first-order valence-corrected chi connectivity index (χ1v) is 4.29. The lowest BCUT2D eigenvalue weighted by molar-refractivity contribution is -0.183. The van der Waals surface area contributed by atoms with Gasteiger partial charge in [-0.05, 0) is 20.3 Å². The summed E-state index contributed by atoms with van der Waals surface area (Å²) in [5.41, 5.74) is 3.78. The first kappa shape index (κ1) is 10.9. The molecule has 0 aliphatic carbocycles. The van der Waals surface area contributed by atoms with Gasteiger partial charge in [0.2, 0.25) is 0 Å². The van der Waals surface area contributed by atoms with Gasteiger partial charge in [-0.2, -0.15) is 0 Å². The van der Waals surface area contributed by atoms with Crippen molar-refractivity contribution in [3.8, 4) is 0 Å². The van der Waals surface area contributed by atoms with Crippen LogP contribution < -0.4 is 5.48 Å². The highest BCUT2D eigenvalue weighted by molar-refractivity contribution is 4.40. The molecule has 3 heteroatoms. The molecule has 0 fully saturated rings. The van der Waals surface area contributed by atoms with Crippen molar-refractivity contribution in [2.75, 3.05) is 13.2 Å². The van der Waals surface area contributed by atoms with Gasteiger partial charge < -0.3 is 4.74 Å². The first-order valence-electron chi connectivity index (χ1n) is 4.29. The Labute approximate surface area is 69.0 Å². The van der Waals surface area contributed by atoms with Crippen LogP contribution in [0.1, 0.15) is 33.6 Å². The minimum atomic E-state index is -0.134. The van der Waals surface area contributed by atoms with Crippen molar-refractivity contribution in [3.05, 3.63) is 0 Å². The molecule has 0 aliphatic heterocycles. The van der Waals surface area contributed by atoms with E-state index < -0.39 is 0 Å². The molecule has 0 spiro atoms. The number of ether oxygens (including phenoxy) is 1. The van der Waals surface area contributed by atoms with Crippen LogP contribution in [-0.2, 0) is 9.57 Å². The third-order valence-corrected chi connectivity index (χ3v) is 1.20. The molecule has 3 nitrogen and oxygen atoms in total. The summed E-state index contributed by atoms with van der Waals surface area (Å²) in [6, 6.07) is 0. The van der Waals surface area contributed by atoms with Crippen LogP contribution in [0, 0.1) is 0 Å². The summed E-state index contributed by atoms with van der Waals surface area (Å²) in [6.45, 7) is 7.37. The SMILES string of the molecule is CCCC(OCC)O[N]CC. The van der Waals surface area contributed by atoms with Crippen LogP contribution in [0.15, 0.2) is 0 Å². The fourth-order valence-electron chi connectivity index (χ4n) is 0.746. The van der Waals surface area contributed by atoms with E-state index in [0.717, 1.165) is 12.8 Å². The maximum Gasteiger partial charge on any atom is 0.179 e. The molecule has 0 saturated carbocycles. The molecule has 0 rings (SSSR count). The Morgan fingerprint density at radius 2 is 2.00 bits per heavy atom. The van der Waals surface area contributed by atoms with E-state index in [1.807, 2.05) is 13.8 Å². The van der Waals surface area contributed by atoms with E-state index in [-0.39, 0.29) is 6.29 Å². The molecule has 67 valence electrons. The number of hydrogen-bond acceptors (Lipinski definition) is 2. The van der Waals surface area contributed by atoms with E-state index in [1.165, 1.54) is 0 Å². The van der Waals surface area contributed by atoms with Gasteiger partial charge in [-0.15, -0.1) is 0 Å². The minimum Gasteiger partial charge on any atom is -0.351 e. The van der Waals surface area contributed by atoms with Gasteiger partial charge in [-0.1, -0.05) is 18.8 Å². The summed E-state index contributed by atoms with van der Waals surface area (Å²) in [7, 11) is 0. The van der Waals surface area contributed by atoms with Gasteiger partial charge >= 0.3 is 0 Å². The van der Waals surface area contributed by atoms with E-state index in [9.17, 15) is 0 Å². The Morgan fingerprint density at radius 3 is 2.45 bits per heavy atom. The van der Waals surface area contributed by atoms with Crippen LogP contribution in [0.2, 0.25) is 0 Å². The van der Waals surface area contributed by atoms with E-state index in [1.54, 1.807) is 0 Å². The Morgan fingerprint density at radius 1 is 1.27 bits per heavy atom. The lowest BCUT2D eigenvalue weighted by Gasteiger charge is -2.14. The monoisotopic (exact) mass is 160 g/mol. The maximum absolute atomic E-state index is 5.27. The zero-order valence-electron chi connectivity index (χ0n) is 7.67. The molecule has 1 atom stereocenters. The summed E-state index contributed by atoms with van der Waals surface area (Å²) in [4.78, 5) is 5.07. The van der Waals surface area contributed by atoms with Gasteiger partial charge in [0, 0.05) is 13.2 Å². The maximum atomic E-state index is 5.27. The second-order valence-electron chi connectivity index (χ2n) is 2.22. The third kappa shape index (κ3) is 6.28. The second kappa shape index (κ2) is 7.98. The van der Waals surface area contributed by atoms with Crippen molar-refractivity contribution in [1.82, 2.24) is 5.48 Å². The van der Waals surface area contributed by atoms with Crippen molar-refractivity contribution >= 4 is 0 Å². The van der Waals surface area contributed by atoms with Crippen molar-refractivity contribution in [1.29, 1.82) is 0 Å². The molecular weight excluding hydrogens is 142 g/mol. The molecule has 11 heavy (non-hydrogen) atoms. The highest BCUT2D eigenvalue weighted by Crippen LogP contribution is 2.02. The smallest absolute Gasteiger partial charge is 0.179 e. The number of nitrogens with zero attached hydrogens (tertiary/aromatic N) is 1. The summed E-state index contributed by atoms with van der Waals surface area (Å²) in [6.07, 6.45) is 1.84. The molecule has 0 N–H and O–H groups in total. The van der Waals surface area contributed by atoms with Crippen LogP contribution in [0.25, 0.3) is 0 Å². The summed E-state index contributed by atoms with van der Waals surface area (Å²) >= 11 is 0. The van der Waals surface area contributed by atoms with Crippen LogP contribution in [0.4, 0.5) is 0 Å². The average molecular weight is 160 g/mol. The van der Waals surface area contributed by atoms with Gasteiger partial charge in [0.05, 0.1) is 0 Å². The molecule has 0 aromatic rings. The molecule has 0 amide bonds. The van der Waals surface area contributed by atoms with Crippen LogP contribution in [0.5, 0.6) is 0 Å². The van der Waals surface area contributed by atoms with Gasteiger partial charge in [-0.25, -0.2) is 0 Å². The highest BCUT2D eigenvalue weighted by atomic mass is 16.8. The second-order valence-corrected chi connectivity index (χ2v) is 2.22. The Bertz CT molecular complexity index is 72.5. The normalized spacial score (nSPS) is 13.4. The standard InChI is InChI=1S/C8H18NO2/c1-4-7-8(10-6-3)11-9-5-2/h8H,4-7H2,1-3H3. The van der Waals surface area contributed by atoms with Crippen molar-refractivity contribution in [2.45, 2.75) is 39.9 Å². The Balaban J connectivity index is 3.34. The van der Waals surface area contributed by atoms with E-state index >= 15 is 0 Å². The molecule has 1 radical (unpaired) electrons. The van der Waals surface area contributed by atoms with Gasteiger partial charge in [0.1, 0.15) is 0 Å². The van der Waals surface area contributed by atoms with E-state index in [2.05, 4.69) is 12.4 Å². The predicted molar refractivity (Wildman–Crippen MR) is 44.1 cm³/mol. The average Bonchev–Trinajstić information content (AvgIpc) is 2.01. The van der Waals surface area contributed by atoms with Crippen molar-refractivity contribution in [3.63, 3.8) is 0 Å². The quantitative estimate of drug-likeness (QED) is 0.419. The molecule has 1 unspecified atom stereocenters. The topological polar surface area (TPSA) is 32.6 Å². The first-order chi connectivity index (χ1) is 5.35. The molecular formula is C8H18NO2. The lowest BCUT2D eigenvalue weighted by atomic mass is 10.3. The van der Waals surface area contributed by atoms with Crippen LogP contribution in [0.3, 0.4) is 0 Å². The van der Waals surface area contributed by atoms with E-state index in [0.29, 0.717) is 13.2 Å². The number of hydrogen-bond donors (Lipinski definition) is 0. The number of rotatable bonds is 7. The fourth-order valence-corrected chi connectivity index (χ4v) is 0.746. The molecule has 0 heterocycles. The fraction of sp³-hybridized carbons (Fsp3) is 1.00. The van der Waals surface area contributed by atoms with Gasteiger partial charge in [0.15, 0.2) is 6.29 Å². The summed E-state index contributed by atoms with van der Waals surface area (Å²) in [5.74, 6) is 0. The van der Waals surface area contributed by atoms with Gasteiger partial charge in [-0.3, -0.25) is 4.84 Å². The highest BCUT2D eigenvalue weighted by Gasteiger charge is 2.06. The summed E-state index contributed by atoms with van der Waals surface area (Å²) in [5, 5.41) is 0. The molecule has 0 aliphatic rings. The molecule has 0 bridgehead atoms. The largest absolute Gasteiger partial charge is 0.351 e. The zero-order valence-corrected chi connectivity index (χ0v) is 7.67. The molecule has 0 saturated heterocycles. The van der Waals surface area contributed by atoms with Gasteiger partial charge in [0.25, 0.3) is 0 Å².